The molecule has 1 aliphatic heterocycles. The van der Waals surface area contributed by atoms with Crippen LogP contribution in [0.5, 0.6) is 5.75 Å². The highest BCUT2D eigenvalue weighted by Crippen LogP contribution is 2.33. The van der Waals surface area contributed by atoms with Crippen molar-refractivity contribution in [2.45, 2.75) is 52.7 Å². The highest BCUT2D eigenvalue weighted by atomic mass is 127. The molecule has 5 nitrogen and oxygen atoms in total. The molecule has 0 saturated carbocycles. The number of hydrogen-bond donors (Lipinski definition) is 2. The van der Waals surface area contributed by atoms with Gasteiger partial charge in [0.1, 0.15) is 6.10 Å². The van der Waals surface area contributed by atoms with E-state index in [0.717, 1.165) is 32.0 Å². The van der Waals surface area contributed by atoms with Gasteiger partial charge < -0.3 is 20.1 Å². The average molecular weight is 507 g/mol. The summed E-state index contributed by atoms with van der Waals surface area (Å²) in [7, 11) is 1.75. The van der Waals surface area contributed by atoms with E-state index in [1.807, 2.05) is 6.92 Å². The number of rotatable bonds is 6. The fraction of sp³-hybridized carbons (Fsp3) is 0.667. The van der Waals surface area contributed by atoms with Crippen LogP contribution >= 0.6 is 24.0 Å². The Morgan fingerprint density at radius 3 is 2.68 bits per heavy atom. The van der Waals surface area contributed by atoms with Crippen LogP contribution in [0.25, 0.3) is 0 Å². The van der Waals surface area contributed by atoms with Crippen LogP contribution in [-0.4, -0.2) is 44.9 Å². The zero-order valence-electron chi connectivity index (χ0n) is 17.6. The Bertz CT molecular complexity index is 622. The molecule has 7 heteroatoms. The van der Waals surface area contributed by atoms with E-state index in [-0.39, 0.29) is 53.2 Å². The Kier molecular flexibility index (Phi) is 10.5. The average Bonchev–Trinajstić information content (AvgIpc) is 2.63. The summed E-state index contributed by atoms with van der Waals surface area (Å²) in [6.07, 6.45) is 2.29. The number of halogens is 2. The molecule has 0 amide bonds. The third-order valence-corrected chi connectivity index (χ3v) is 4.78. The molecule has 1 heterocycles. The maximum Gasteiger partial charge on any atom is 0.191 e. The molecular formula is C21H35FIN3O2. The molecule has 160 valence electrons. The predicted molar refractivity (Wildman–Crippen MR) is 123 cm³/mol. The quantitative estimate of drug-likeness (QED) is 0.344. The number of nitrogens with zero attached hydrogens (tertiary/aromatic N) is 1. The molecule has 1 saturated heterocycles. The second-order valence-electron chi connectivity index (χ2n) is 8.25. The first-order valence-electron chi connectivity index (χ1n) is 9.78. The third kappa shape index (κ3) is 7.73. The summed E-state index contributed by atoms with van der Waals surface area (Å²) in [6.45, 7) is 10.8. The van der Waals surface area contributed by atoms with Crippen LogP contribution in [0.15, 0.2) is 29.3 Å². The normalized spacial score (nSPS) is 21.4. The Morgan fingerprint density at radius 1 is 1.32 bits per heavy atom. The van der Waals surface area contributed by atoms with Crippen LogP contribution in [0.1, 0.15) is 40.5 Å². The van der Waals surface area contributed by atoms with Gasteiger partial charge in [0, 0.05) is 26.1 Å². The second kappa shape index (κ2) is 11.8. The lowest BCUT2D eigenvalue weighted by Gasteiger charge is -2.40. The number of para-hydroxylation sites is 1. The van der Waals surface area contributed by atoms with Gasteiger partial charge in [0.25, 0.3) is 0 Å². The van der Waals surface area contributed by atoms with Gasteiger partial charge in [-0.15, -0.1) is 24.0 Å². The smallest absolute Gasteiger partial charge is 0.191 e. The summed E-state index contributed by atoms with van der Waals surface area (Å²) >= 11 is 0. The van der Waals surface area contributed by atoms with Gasteiger partial charge in [-0.3, -0.25) is 4.99 Å². The number of hydrogen-bond acceptors (Lipinski definition) is 3. The van der Waals surface area contributed by atoms with Crippen molar-refractivity contribution in [1.29, 1.82) is 0 Å². The third-order valence-electron chi connectivity index (χ3n) is 4.78. The van der Waals surface area contributed by atoms with Crippen LogP contribution in [0, 0.1) is 17.2 Å². The summed E-state index contributed by atoms with van der Waals surface area (Å²) < 4.78 is 25.4. The topological polar surface area (TPSA) is 54.9 Å². The first kappa shape index (κ1) is 24.9. The van der Waals surface area contributed by atoms with Crippen molar-refractivity contribution in [3.8, 4) is 5.75 Å². The molecule has 0 aromatic heterocycles. The van der Waals surface area contributed by atoms with E-state index >= 15 is 0 Å². The number of benzene rings is 1. The lowest BCUT2D eigenvalue weighted by Crippen LogP contribution is -2.48. The van der Waals surface area contributed by atoms with Gasteiger partial charge in [-0.05, 0) is 37.3 Å². The van der Waals surface area contributed by atoms with E-state index in [2.05, 4.69) is 36.4 Å². The van der Waals surface area contributed by atoms with Crippen molar-refractivity contribution < 1.29 is 13.9 Å². The van der Waals surface area contributed by atoms with Crippen molar-refractivity contribution in [2.75, 3.05) is 26.7 Å². The van der Waals surface area contributed by atoms with Crippen molar-refractivity contribution in [3.63, 3.8) is 0 Å². The van der Waals surface area contributed by atoms with Crippen molar-refractivity contribution in [3.05, 3.63) is 30.1 Å². The molecule has 0 spiro atoms. The van der Waals surface area contributed by atoms with Gasteiger partial charge in [0.15, 0.2) is 17.5 Å². The molecule has 1 aromatic rings. The fourth-order valence-corrected chi connectivity index (χ4v) is 3.50. The van der Waals surface area contributed by atoms with Crippen molar-refractivity contribution >= 4 is 29.9 Å². The van der Waals surface area contributed by atoms with E-state index in [9.17, 15) is 4.39 Å². The van der Waals surface area contributed by atoms with Gasteiger partial charge in [0.05, 0.1) is 12.6 Å². The maximum absolute atomic E-state index is 13.7. The summed E-state index contributed by atoms with van der Waals surface area (Å²) in [4.78, 5) is 4.28. The highest BCUT2D eigenvalue weighted by Gasteiger charge is 2.35. The van der Waals surface area contributed by atoms with Crippen LogP contribution < -0.4 is 15.4 Å². The maximum atomic E-state index is 13.7. The Morgan fingerprint density at radius 2 is 2.04 bits per heavy atom. The minimum Gasteiger partial charge on any atom is -0.486 e. The van der Waals surface area contributed by atoms with Gasteiger partial charge in [-0.2, -0.15) is 0 Å². The van der Waals surface area contributed by atoms with Gasteiger partial charge in [-0.25, -0.2) is 4.39 Å². The summed E-state index contributed by atoms with van der Waals surface area (Å²) in [5, 5.41) is 6.65. The highest BCUT2D eigenvalue weighted by molar-refractivity contribution is 14.0. The molecule has 2 rings (SSSR count). The second-order valence-corrected chi connectivity index (χ2v) is 8.25. The first-order chi connectivity index (χ1) is 12.8. The van der Waals surface area contributed by atoms with Crippen LogP contribution in [0.4, 0.5) is 4.39 Å². The number of ether oxygens (including phenoxy) is 2. The molecule has 0 radical (unpaired) electrons. The largest absolute Gasteiger partial charge is 0.486 e. The predicted octanol–water partition coefficient (Wildman–Crippen LogP) is 4.22. The molecular weight excluding hydrogens is 472 g/mol. The number of guanidine groups is 1. The summed E-state index contributed by atoms with van der Waals surface area (Å²) in [6, 6.07) is 6.44. The lowest BCUT2D eigenvalue weighted by molar-refractivity contribution is -0.0835. The Hall–Kier alpha value is -1.09. The van der Waals surface area contributed by atoms with Crippen molar-refractivity contribution in [1.82, 2.24) is 10.6 Å². The molecule has 0 aliphatic carbocycles. The molecule has 1 aromatic carbocycles. The van der Waals surface area contributed by atoms with E-state index in [1.165, 1.54) is 6.07 Å². The van der Waals surface area contributed by atoms with Gasteiger partial charge in [0.2, 0.25) is 0 Å². The van der Waals surface area contributed by atoms with Crippen LogP contribution in [0.2, 0.25) is 0 Å². The molecule has 1 fully saturated rings. The van der Waals surface area contributed by atoms with Crippen LogP contribution in [0.3, 0.4) is 0 Å². The van der Waals surface area contributed by atoms with E-state index in [4.69, 9.17) is 9.47 Å². The molecule has 1 aliphatic rings. The Balaban J connectivity index is 0.00000392. The zero-order chi connectivity index (χ0) is 19.9. The monoisotopic (exact) mass is 507 g/mol. The number of aliphatic imine (C=N–C) groups is 1. The van der Waals surface area contributed by atoms with Gasteiger partial charge in [-0.1, -0.05) is 32.9 Å². The van der Waals surface area contributed by atoms with Crippen molar-refractivity contribution in [2.24, 2.45) is 16.3 Å². The molecule has 2 N–H and O–H groups in total. The van der Waals surface area contributed by atoms with Gasteiger partial charge >= 0.3 is 0 Å². The van der Waals surface area contributed by atoms with E-state index < -0.39 is 0 Å². The lowest BCUT2D eigenvalue weighted by atomic mass is 9.78. The standard InChI is InChI=1S/C21H34FN3O2.HI/c1-15(27-18-11-7-6-10-17(18)22)13-24-20(23-5)25-14-16-9-8-12-26-19(16)21(2,3)4;/h6-7,10-11,15-16,19H,8-9,12-14H2,1-5H3,(H2,23,24,25);1H. The number of nitrogens with one attached hydrogen (secondary N) is 2. The summed E-state index contributed by atoms with van der Waals surface area (Å²) in [5.74, 6) is 1.08. The molecule has 0 bridgehead atoms. The Labute approximate surface area is 185 Å². The molecule has 3 unspecified atom stereocenters. The first-order valence-corrected chi connectivity index (χ1v) is 9.78. The van der Waals surface area contributed by atoms with Crippen LogP contribution in [-0.2, 0) is 4.74 Å². The minimum atomic E-state index is -0.350. The summed E-state index contributed by atoms with van der Waals surface area (Å²) in [5.41, 5.74) is 0.117. The van der Waals surface area contributed by atoms with E-state index in [0.29, 0.717) is 12.5 Å². The van der Waals surface area contributed by atoms with E-state index in [1.54, 1.807) is 25.2 Å². The zero-order valence-corrected chi connectivity index (χ0v) is 20.0. The SMILES string of the molecule is CN=C(NCC(C)Oc1ccccc1F)NCC1CCCOC1C(C)(C)C.I. The minimum absolute atomic E-state index is 0. The molecule has 28 heavy (non-hydrogen) atoms. The molecule has 3 atom stereocenters. The fourth-order valence-electron chi connectivity index (χ4n) is 3.50.